The maximum absolute atomic E-state index is 12.4. The van der Waals surface area contributed by atoms with E-state index in [1.165, 1.54) is 32.4 Å². The molecule has 11 nitrogen and oxygen atoms in total. The molecule has 0 bridgehead atoms. The summed E-state index contributed by atoms with van der Waals surface area (Å²) in [5, 5.41) is 14.2. The molecule has 1 amide bonds. The lowest BCUT2D eigenvalue weighted by molar-refractivity contribution is -0.113. The first-order chi connectivity index (χ1) is 14.4. The van der Waals surface area contributed by atoms with E-state index in [9.17, 15) is 14.4 Å². The second-order valence-corrected chi connectivity index (χ2v) is 6.70. The number of methoxy groups -OCH3 is 2. The third-order valence-electron chi connectivity index (χ3n) is 3.70. The van der Waals surface area contributed by atoms with Crippen LogP contribution in [0.2, 0.25) is 0 Å². The zero-order valence-corrected chi connectivity index (χ0v) is 16.9. The number of aromatic nitrogens is 3. The third kappa shape index (κ3) is 4.84. The largest absolute Gasteiger partial charge is 0.465 e. The lowest BCUT2D eigenvalue weighted by Crippen LogP contribution is -2.18. The summed E-state index contributed by atoms with van der Waals surface area (Å²) in [4.78, 5) is 36.0. The number of hydrogen-bond donors (Lipinski definition) is 1. The Morgan fingerprint density at radius 3 is 2.53 bits per heavy atom. The fourth-order valence-electron chi connectivity index (χ4n) is 2.33. The lowest BCUT2D eigenvalue weighted by atomic mass is 10.1. The highest BCUT2D eigenvalue weighted by atomic mass is 32.2. The van der Waals surface area contributed by atoms with Crippen LogP contribution in [0.1, 0.15) is 26.5 Å². The van der Waals surface area contributed by atoms with Gasteiger partial charge in [-0.1, -0.05) is 16.9 Å². The number of benzene rings is 1. The molecule has 0 atom stereocenters. The van der Waals surface area contributed by atoms with Gasteiger partial charge in [0.25, 0.3) is 11.1 Å². The summed E-state index contributed by atoms with van der Waals surface area (Å²) in [6.07, 6.45) is 0. The molecule has 3 aromatic rings. The molecule has 0 aliphatic rings. The highest BCUT2D eigenvalue weighted by molar-refractivity contribution is 7.99. The van der Waals surface area contributed by atoms with Crippen molar-refractivity contribution in [3.63, 3.8) is 0 Å². The second kappa shape index (κ2) is 9.22. The molecule has 0 aliphatic carbocycles. The van der Waals surface area contributed by atoms with E-state index in [4.69, 9.17) is 13.7 Å². The van der Waals surface area contributed by atoms with Crippen LogP contribution in [0.25, 0.3) is 11.6 Å². The van der Waals surface area contributed by atoms with Crippen LogP contribution in [0.15, 0.2) is 38.4 Å². The van der Waals surface area contributed by atoms with Gasteiger partial charge in [0.15, 0.2) is 5.69 Å². The van der Waals surface area contributed by atoms with Crippen molar-refractivity contribution in [1.82, 2.24) is 15.4 Å². The molecule has 156 valence electrons. The van der Waals surface area contributed by atoms with Crippen molar-refractivity contribution in [2.24, 2.45) is 0 Å². The maximum Gasteiger partial charge on any atom is 0.339 e. The van der Waals surface area contributed by atoms with Crippen molar-refractivity contribution >= 4 is 35.3 Å². The number of nitrogens with one attached hydrogen (secondary N) is 1. The van der Waals surface area contributed by atoms with Gasteiger partial charge in [-0.05, 0) is 25.1 Å². The summed E-state index contributed by atoms with van der Waals surface area (Å²) in [5.74, 6) is -1.09. The minimum atomic E-state index is -0.668. The van der Waals surface area contributed by atoms with Gasteiger partial charge in [0.2, 0.25) is 5.91 Å². The second-order valence-electron chi connectivity index (χ2n) is 5.78. The predicted molar refractivity (Wildman–Crippen MR) is 103 cm³/mol. The number of amides is 1. The molecule has 12 heteroatoms. The summed E-state index contributed by atoms with van der Waals surface area (Å²) >= 11 is 0.987. The van der Waals surface area contributed by atoms with Gasteiger partial charge in [0.05, 0.1) is 36.8 Å². The van der Waals surface area contributed by atoms with Crippen LogP contribution in [-0.2, 0) is 14.3 Å². The Morgan fingerprint density at radius 1 is 1.10 bits per heavy atom. The van der Waals surface area contributed by atoms with Gasteiger partial charge < -0.3 is 23.7 Å². The molecule has 0 saturated carbocycles. The number of thioether (sulfide) groups is 1. The van der Waals surface area contributed by atoms with Gasteiger partial charge in [0.1, 0.15) is 5.76 Å². The number of carbonyl (C=O) groups is 3. The molecular formula is C18H16N4O7S. The fraction of sp³-hybridized carbons (Fsp3) is 0.222. The number of carbonyl (C=O) groups excluding carboxylic acids is 3. The summed E-state index contributed by atoms with van der Waals surface area (Å²) in [6.45, 7) is 1.73. The van der Waals surface area contributed by atoms with E-state index < -0.39 is 17.8 Å². The van der Waals surface area contributed by atoms with E-state index in [2.05, 4.69) is 25.4 Å². The number of esters is 2. The molecule has 0 radical (unpaired) electrons. The van der Waals surface area contributed by atoms with Crippen molar-refractivity contribution in [3.05, 3.63) is 41.2 Å². The standard InChI is InChI=1S/C18H16N4O7S/c1-9-6-13(22-29-9)15-20-21-18(28-15)30-8-14(23)19-12-7-10(16(24)26-2)4-5-11(12)17(25)27-3/h4-7H,8H2,1-3H3,(H,19,23). The number of anilines is 1. The maximum atomic E-state index is 12.4. The number of aryl methyl sites for hydroxylation is 1. The van der Waals surface area contributed by atoms with Crippen LogP contribution >= 0.6 is 11.8 Å². The molecule has 2 heterocycles. The van der Waals surface area contributed by atoms with E-state index >= 15 is 0 Å². The smallest absolute Gasteiger partial charge is 0.339 e. The van der Waals surface area contributed by atoms with E-state index in [0.29, 0.717) is 11.5 Å². The van der Waals surface area contributed by atoms with E-state index in [0.717, 1.165) is 11.8 Å². The summed E-state index contributed by atoms with van der Waals surface area (Å²) in [7, 11) is 2.44. The topological polar surface area (TPSA) is 147 Å². The monoisotopic (exact) mass is 432 g/mol. The van der Waals surface area contributed by atoms with Gasteiger partial charge in [-0.3, -0.25) is 4.79 Å². The highest BCUT2D eigenvalue weighted by Gasteiger charge is 2.19. The van der Waals surface area contributed by atoms with Gasteiger partial charge in [-0.2, -0.15) is 0 Å². The van der Waals surface area contributed by atoms with E-state index in [1.807, 2.05) is 0 Å². The van der Waals surface area contributed by atoms with Gasteiger partial charge in [-0.25, -0.2) is 9.59 Å². The van der Waals surface area contributed by atoms with E-state index in [1.54, 1.807) is 13.0 Å². The summed E-state index contributed by atoms with van der Waals surface area (Å²) < 4.78 is 19.7. The van der Waals surface area contributed by atoms with Gasteiger partial charge in [0, 0.05) is 6.07 Å². The molecule has 30 heavy (non-hydrogen) atoms. The zero-order valence-electron chi connectivity index (χ0n) is 16.1. The molecule has 2 aromatic heterocycles. The lowest BCUT2D eigenvalue weighted by Gasteiger charge is -2.11. The number of ether oxygens (including phenoxy) is 2. The minimum Gasteiger partial charge on any atom is -0.465 e. The number of rotatable bonds is 7. The van der Waals surface area contributed by atoms with Crippen LogP contribution in [-0.4, -0.2) is 53.2 Å². The van der Waals surface area contributed by atoms with Crippen molar-refractivity contribution in [1.29, 1.82) is 0 Å². The molecule has 1 N–H and O–H groups in total. The molecule has 3 rings (SSSR count). The van der Waals surface area contributed by atoms with Crippen molar-refractivity contribution in [3.8, 4) is 11.6 Å². The van der Waals surface area contributed by atoms with Gasteiger partial charge in [-0.15, -0.1) is 10.2 Å². The Bertz CT molecular complexity index is 1090. The summed E-state index contributed by atoms with van der Waals surface area (Å²) in [5.41, 5.74) is 0.751. The average molecular weight is 432 g/mol. The Morgan fingerprint density at radius 2 is 1.87 bits per heavy atom. The van der Waals surface area contributed by atoms with Gasteiger partial charge >= 0.3 is 11.9 Å². The molecular weight excluding hydrogens is 416 g/mol. The average Bonchev–Trinajstić information content (AvgIpc) is 3.40. The summed E-state index contributed by atoms with van der Waals surface area (Å²) in [6, 6.07) is 5.73. The van der Waals surface area contributed by atoms with Crippen molar-refractivity contribution < 1.29 is 32.8 Å². The number of nitrogens with zero attached hydrogens (tertiary/aromatic N) is 3. The van der Waals surface area contributed by atoms with Crippen LogP contribution in [0, 0.1) is 6.92 Å². The number of hydrogen-bond acceptors (Lipinski definition) is 11. The van der Waals surface area contributed by atoms with Crippen molar-refractivity contribution in [2.75, 3.05) is 25.3 Å². The van der Waals surface area contributed by atoms with Crippen LogP contribution in [0.5, 0.6) is 0 Å². The Labute approximate surface area is 174 Å². The molecule has 0 aliphatic heterocycles. The molecule has 0 fully saturated rings. The Kier molecular flexibility index (Phi) is 6.47. The van der Waals surface area contributed by atoms with Crippen LogP contribution in [0.4, 0.5) is 5.69 Å². The normalized spacial score (nSPS) is 10.5. The molecule has 0 spiro atoms. The first kappa shape index (κ1) is 21.0. The quantitative estimate of drug-likeness (QED) is 0.433. The molecule has 1 aromatic carbocycles. The van der Waals surface area contributed by atoms with E-state index in [-0.39, 0.29) is 33.7 Å². The zero-order chi connectivity index (χ0) is 21.7. The Hall–Kier alpha value is -3.67. The first-order valence-corrected chi connectivity index (χ1v) is 9.40. The minimum absolute atomic E-state index is 0.0879. The third-order valence-corrected chi connectivity index (χ3v) is 4.52. The molecule has 0 saturated heterocycles. The van der Waals surface area contributed by atoms with Crippen LogP contribution in [0.3, 0.4) is 0 Å². The molecule has 0 unspecified atom stereocenters. The highest BCUT2D eigenvalue weighted by Crippen LogP contribution is 2.24. The first-order valence-electron chi connectivity index (χ1n) is 8.41. The fourth-order valence-corrected chi connectivity index (χ4v) is 2.90. The predicted octanol–water partition coefficient (Wildman–Crippen LogP) is 2.34. The SMILES string of the molecule is COC(=O)c1ccc(C(=O)OC)c(NC(=O)CSc2nnc(-c3cc(C)on3)o2)c1. The Balaban J connectivity index is 1.69. The van der Waals surface area contributed by atoms with Crippen molar-refractivity contribution in [2.45, 2.75) is 12.1 Å². The van der Waals surface area contributed by atoms with Crippen LogP contribution < -0.4 is 5.32 Å².